The number of aryl methyl sites for hydroxylation is 3. The van der Waals surface area contributed by atoms with E-state index in [4.69, 9.17) is 4.52 Å². The monoisotopic (exact) mass is 426 g/mol. The Labute approximate surface area is 173 Å². The van der Waals surface area contributed by atoms with E-state index in [2.05, 4.69) is 15.5 Å². The zero-order chi connectivity index (χ0) is 21.6. The summed E-state index contributed by atoms with van der Waals surface area (Å²) >= 11 is 1.61. The number of nitro benzene ring substituents is 1. The van der Waals surface area contributed by atoms with Crippen molar-refractivity contribution in [2.75, 3.05) is 5.32 Å². The molecule has 0 spiro atoms. The van der Waals surface area contributed by atoms with E-state index < -0.39 is 22.3 Å². The summed E-state index contributed by atoms with van der Waals surface area (Å²) in [5, 5.41) is 17.9. The van der Waals surface area contributed by atoms with Crippen molar-refractivity contribution >= 4 is 39.7 Å². The number of rotatable bonds is 4. The molecule has 0 saturated heterocycles. The number of amides is 1. The standard InChI is InChI=1S/C20H15FN4O4S/c1-9-6-13(11(3)30-9)16-8-14(18-10(2)24-29-20(18)23-16)19(26)22-12-4-5-15(21)17(7-12)25(27)28/h4-8H,1-3H3,(H,22,26). The van der Waals surface area contributed by atoms with Crippen molar-refractivity contribution in [1.82, 2.24) is 10.1 Å². The molecule has 0 saturated carbocycles. The van der Waals surface area contributed by atoms with E-state index in [0.29, 0.717) is 16.8 Å². The van der Waals surface area contributed by atoms with Gasteiger partial charge in [-0.05, 0) is 45.0 Å². The molecule has 0 aliphatic heterocycles. The van der Waals surface area contributed by atoms with Crippen LogP contribution in [0.4, 0.5) is 15.8 Å². The summed E-state index contributed by atoms with van der Waals surface area (Å²) in [4.78, 5) is 29.8. The predicted molar refractivity (Wildman–Crippen MR) is 110 cm³/mol. The van der Waals surface area contributed by atoms with Gasteiger partial charge in [0.2, 0.25) is 5.82 Å². The summed E-state index contributed by atoms with van der Waals surface area (Å²) in [5.74, 6) is -1.52. The fraction of sp³-hybridized carbons (Fsp3) is 0.150. The number of carbonyl (C=O) groups is 1. The number of nitrogens with zero attached hydrogens (tertiary/aromatic N) is 3. The Morgan fingerprint density at radius 2 is 2.00 bits per heavy atom. The molecule has 4 aromatic rings. The van der Waals surface area contributed by atoms with Crippen LogP contribution < -0.4 is 5.32 Å². The van der Waals surface area contributed by atoms with Gasteiger partial charge in [-0.3, -0.25) is 14.9 Å². The number of anilines is 1. The number of fused-ring (bicyclic) bond motifs is 1. The molecule has 152 valence electrons. The highest BCUT2D eigenvalue weighted by atomic mass is 32.1. The molecule has 1 N–H and O–H groups in total. The maximum absolute atomic E-state index is 13.6. The second-order valence-electron chi connectivity index (χ2n) is 6.71. The number of aromatic nitrogens is 2. The topological polar surface area (TPSA) is 111 Å². The minimum absolute atomic E-state index is 0.0938. The molecular weight excluding hydrogens is 411 g/mol. The van der Waals surface area contributed by atoms with E-state index in [1.807, 2.05) is 19.9 Å². The lowest BCUT2D eigenvalue weighted by atomic mass is 10.1. The van der Waals surface area contributed by atoms with Crippen LogP contribution in [-0.2, 0) is 0 Å². The molecule has 0 bridgehead atoms. The van der Waals surface area contributed by atoms with Gasteiger partial charge in [-0.15, -0.1) is 11.3 Å². The molecule has 0 fully saturated rings. The van der Waals surface area contributed by atoms with E-state index in [0.717, 1.165) is 27.5 Å². The van der Waals surface area contributed by atoms with Crippen LogP contribution in [0.15, 0.2) is 34.9 Å². The summed E-state index contributed by atoms with van der Waals surface area (Å²) in [6.07, 6.45) is 0. The third-order valence-corrected chi connectivity index (χ3v) is 5.55. The number of nitro groups is 1. The van der Waals surface area contributed by atoms with Crippen molar-refractivity contribution in [3.8, 4) is 11.3 Å². The number of hydrogen-bond donors (Lipinski definition) is 1. The third-order valence-electron chi connectivity index (χ3n) is 4.58. The lowest BCUT2D eigenvalue weighted by Crippen LogP contribution is -2.13. The molecule has 1 amide bonds. The molecule has 10 heteroatoms. The Morgan fingerprint density at radius 3 is 2.67 bits per heavy atom. The second kappa shape index (κ2) is 7.30. The first-order valence-electron chi connectivity index (χ1n) is 8.84. The highest BCUT2D eigenvalue weighted by molar-refractivity contribution is 7.12. The van der Waals surface area contributed by atoms with Gasteiger partial charge < -0.3 is 9.84 Å². The molecule has 0 atom stereocenters. The average Bonchev–Trinajstić information content (AvgIpc) is 3.23. The van der Waals surface area contributed by atoms with Gasteiger partial charge in [0.1, 0.15) is 0 Å². The molecule has 1 aromatic carbocycles. The summed E-state index contributed by atoms with van der Waals surface area (Å²) in [7, 11) is 0. The maximum atomic E-state index is 13.6. The number of benzene rings is 1. The van der Waals surface area contributed by atoms with Crippen LogP contribution in [0.25, 0.3) is 22.4 Å². The predicted octanol–water partition coefficient (Wildman–Crippen LogP) is 5.18. The molecule has 3 heterocycles. The number of hydrogen-bond acceptors (Lipinski definition) is 7. The molecule has 0 aliphatic rings. The fourth-order valence-electron chi connectivity index (χ4n) is 3.23. The molecule has 4 rings (SSSR count). The van der Waals surface area contributed by atoms with Crippen LogP contribution in [0.3, 0.4) is 0 Å². The molecule has 3 aromatic heterocycles. The average molecular weight is 426 g/mol. The van der Waals surface area contributed by atoms with E-state index in [-0.39, 0.29) is 17.0 Å². The highest BCUT2D eigenvalue weighted by Gasteiger charge is 2.22. The maximum Gasteiger partial charge on any atom is 0.306 e. The van der Waals surface area contributed by atoms with Gasteiger partial charge in [-0.1, -0.05) is 5.16 Å². The lowest BCUT2D eigenvalue weighted by Gasteiger charge is -2.08. The number of pyridine rings is 1. The van der Waals surface area contributed by atoms with Crippen molar-refractivity contribution < 1.29 is 18.6 Å². The molecular formula is C20H15FN4O4S. The van der Waals surface area contributed by atoms with Crippen molar-refractivity contribution in [2.45, 2.75) is 20.8 Å². The van der Waals surface area contributed by atoms with Gasteiger partial charge in [0, 0.05) is 27.1 Å². The first-order chi connectivity index (χ1) is 14.2. The quantitative estimate of drug-likeness (QED) is 0.356. The number of carbonyl (C=O) groups excluding carboxylic acids is 1. The molecule has 0 aliphatic carbocycles. The van der Waals surface area contributed by atoms with Crippen LogP contribution in [0.2, 0.25) is 0 Å². The van der Waals surface area contributed by atoms with E-state index in [1.54, 1.807) is 24.3 Å². The molecule has 30 heavy (non-hydrogen) atoms. The van der Waals surface area contributed by atoms with Gasteiger partial charge in [0.15, 0.2) is 0 Å². The molecule has 8 nitrogen and oxygen atoms in total. The van der Waals surface area contributed by atoms with Crippen LogP contribution in [0, 0.1) is 36.7 Å². The van der Waals surface area contributed by atoms with Crippen LogP contribution in [0.1, 0.15) is 25.8 Å². The van der Waals surface area contributed by atoms with Crippen LogP contribution >= 0.6 is 11.3 Å². The second-order valence-corrected chi connectivity index (χ2v) is 8.17. The zero-order valence-electron chi connectivity index (χ0n) is 16.1. The first-order valence-corrected chi connectivity index (χ1v) is 9.66. The summed E-state index contributed by atoms with van der Waals surface area (Å²) < 4.78 is 18.9. The number of nitrogens with one attached hydrogen (secondary N) is 1. The van der Waals surface area contributed by atoms with Crippen molar-refractivity contribution in [2.24, 2.45) is 0 Å². The third kappa shape index (κ3) is 3.41. The van der Waals surface area contributed by atoms with Gasteiger partial charge >= 0.3 is 5.69 Å². The minimum Gasteiger partial charge on any atom is -0.335 e. The van der Waals surface area contributed by atoms with E-state index >= 15 is 0 Å². The van der Waals surface area contributed by atoms with Gasteiger partial charge in [-0.2, -0.15) is 4.39 Å². The van der Waals surface area contributed by atoms with E-state index in [1.165, 1.54) is 6.07 Å². The van der Waals surface area contributed by atoms with Crippen molar-refractivity contribution in [3.05, 3.63) is 67.3 Å². The summed E-state index contributed by atoms with van der Waals surface area (Å²) in [6.45, 7) is 5.63. The Morgan fingerprint density at radius 1 is 1.23 bits per heavy atom. The van der Waals surface area contributed by atoms with Gasteiger partial charge in [0.25, 0.3) is 11.6 Å². The van der Waals surface area contributed by atoms with E-state index in [9.17, 15) is 19.3 Å². The Hall–Kier alpha value is -3.66. The highest BCUT2D eigenvalue weighted by Crippen LogP contribution is 2.33. The largest absolute Gasteiger partial charge is 0.335 e. The normalized spacial score (nSPS) is 11.1. The minimum atomic E-state index is -0.982. The summed E-state index contributed by atoms with van der Waals surface area (Å²) in [5.41, 5.74) is 1.75. The molecule has 0 radical (unpaired) electrons. The Bertz CT molecular complexity index is 1330. The van der Waals surface area contributed by atoms with Crippen molar-refractivity contribution in [1.29, 1.82) is 0 Å². The Balaban J connectivity index is 1.80. The number of halogens is 1. The van der Waals surface area contributed by atoms with Crippen molar-refractivity contribution in [3.63, 3.8) is 0 Å². The smallest absolute Gasteiger partial charge is 0.306 e. The van der Waals surface area contributed by atoms with Crippen LogP contribution in [-0.4, -0.2) is 21.0 Å². The van der Waals surface area contributed by atoms with Crippen LogP contribution in [0.5, 0.6) is 0 Å². The molecule has 0 unspecified atom stereocenters. The fourth-order valence-corrected chi connectivity index (χ4v) is 4.16. The zero-order valence-corrected chi connectivity index (χ0v) is 17.0. The number of thiophene rings is 1. The lowest BCUT2D eigenvalue weighted by molar-refractivity contribution is -0.387. The SMILES string of the molecule is Cc1cc(-c2cc(C(=O)Nc3ccc(F)c([N+](=O)[O-])c3)c3c(C)noc3n2)c(C)s1. The summed E-state index contributed by atoms with van der Waals surface area (Å²) in [6, 6.07) is 6.77. The first kappa shape index (κ1) is 19.6. The van der Waals surface area contributed by atoms with Gasteiger partial charge in [-0.25, -0.2) is 4.98 Å². The van der Waals surface area contributed by atoms with Gasteiger partial charge in [0.05, 0.1) is 27.3 Å². The Kier molecular flexibility index (Phi) is 4.78.